The molecule has 0 aliphatic heterocycles. The molecule has 0 aliphatic rings. The molecule has 0 aliphatic carbocycles. The van der Waals surface area contributed by atoms with E-state index in [0.717, 1.165) is 22.8 Å². The Morgan fingerprint density at radius 1 is 1.14 bits per heavy atom. The maximum absolute atomic E-state index is 11.1. The Labute approximate surface area is 128 Å². The molecule has 0 amide bonds. The fraction of sp³-hybridized carbons (Fsp3) is 0.0556. The molecule has 3 rings (SSSR count). The highest BCUT2D eigenvalue weighted by molar-refractivity contribution is 6.31. The Bertz CT molecular complexity index is 853. The first kappa shape index (κ1) is 13.5. The number of carbonyl (C=O) groups is 1. The second-order valence-electron chi connectivity index (χ2n) is 4.66. The van der Waals surface area contributed by atoms with E-state index in [0.29, 0.717) is 17.1 Å². The van der Waals surface area contributed by atoms with Gasteiger partial charge in [-0.25, -0.2) is 0 Å². The third-order valence-electron chi connectivity index (χ3n) is 3.26. The number of hydrogen-bond donors (Lipinski definition) is 0. The molecule has 0 saturated carbocycles. The smallest absolute Gasteiger partial charge is 0.152 e. The highest BCUT2D eigenvalue weighted by atomic mass is 35.5. The van der Waals surface area contributed by atoms with E-state index in [1.165, 1.54) is 0 Å². The summed E-state index contributed by atoms with van der Waals surface area (Å²) in [7, 11) is 0. The average Bonchev–Trinajstić information content (AvgIpc) is 2.86. The molecule has 0 atom stereocenters. The van der Waals surface area contributed by atoms with E-state index in [-0.39, 0.29) is 0 Å². The zero-order valence-electron chi connectivity index (χ0n) is 11.2. The Hall–Kier alpha value is -2.50. The summed E-state index contributed by atoms with van der Waals surface area (Å²) in [6.45, 7) is 0.513. The second kappa shape index (κ2) is 5.87. The molecule has 0 N–H and O–H groups in total. The van der Waals surface area contributed by atoms with E-state index < -0.39 is 0 Å². The SMILES string of the molecule is O=Cc1cn(CC#Cc2ccccc2)c2cc(Cl)ccc12. The Kier molecular flexibility index (Phi) is 3.77. The third kappa shape index (κ3) is 2.84. The van der Waals surface area contributed by atoms with E-state index in [1.807, 2.05) is 53.2 Å². The molecule has 0 bridgehead atoms. The number of benzene rings is 2. The molecule has 0 radical (unpaired) electrons. The molecule has 3 aromatic rings. The monoisotopic (exact) mass is 293 g/mol. The molecule has 0 fully saturated rings. The Morgan fingerprint density at radius 2 is 1.95 bits per heavy atom. The van der Waals surface area contributed by atoms with Gasteiger partial charge in [-0.05, 0) is 24.3 Å². The molecule has 3 heteroatoms. The summed E-state index contributed by atoms with van der Waals surface area (Å²) in [4.78, 5) is 11.1. The van der Waals surface area contributed by atoms with Crippen molar-refractivity contribution in [1.82, 2.24) is 4.57 Å². The van der Waals surface area contributed by atoms with Crippen molar-refractivity contribution in [1.29, 1.82) is 0 Å². The van der Waals surface area contributed by atoms with Crippen LogP contribution in [0.2, 0.25) is 5.02 Å². The Balaban J connectivity index is 1.96. The van der Waals surface area contributed by atoms with Crippen LogP contribution in [0.4, 0.5) is 0 Å². The molecule has 21 heavy (non-hydrogen) atoms. The summed E-state index contributed by atoms with van der Waals surface area (Å²) < 4.78 is 1.95. The number of fused-ring (bicyclic) bond motifs is 1. The molecular formula is C18H12ClNO. The van der Waals surface area contributed by atoms with Crippen molar-refractivity contribution in [3.8, 4) is 11.8 Å². The van der Waals surface area contributed by atoms with Crippen molar-refractivity contribution < 1.29 is 4.79 Å². The molecule has 2 nitrogen and oxygen atoms in total. The quantitative estimate of drug-likeness (QED) is 0.514. The highest BCUT2D eigenvalue weighted by Gasteiger charge is 2.07. The number of carbonyl (C=O) groups excluding carboxylic acids is 1. The van der Waals surface area contributed by atoms with Gasteiger partial charge in [0, 0.05) is 27.7 Å². The first-order valence-electron chi connectivity index (χ1n) is 6.55. The second-order valence-corrected chi connectivity index (χ2v) is 5.10. The van der Waals surface area contributed by atoms with Crippen molar-refractivity contribution in [2.75, 3.05) is 0 Å². The van der Waals surface area contributed by atoms with Gasteiger partial charge < -0.3 is 4.57 Å². The molecule has 0 unspecified atom stereocenters. The first-order chi connectivity index (χ1) is 10.3. The summed E-state index contributed by atoms with van der Waals surface area (Å²) in [5, 5.41) is 1.55. The average molecular weight is 294 g/mol. The first-order valence-corrected chi connectivity index (χ1v) is 6.93. The largest absolute Gasteiger partial charge is 0.335 e. The van der Waals surface area contributed by atoms with Crippen LogP contribution in [0.5, 0.6) is 0 Å². The minimum Gasteiger partial charge on any atom is -0.335 e. The molecule has 1 aromatic heterocycles. The molecular weight excluding hydrogens is 282 g/mol. The van der Waals surface area contributed by atoms with Crippen LogP contribution in [-0.2, 0) is 6.54 Å². The van der Waals surface area contributed by atoms with Gasteiger partial charge in [-0.1, -0.05) is 47.7 Å². The number of nitrogens with zero attached hydrogens (tertiary/aromatic N) is 1. The van der Waals surface area contributed by atoms with Crippen LogP contribution < -0.4 is 0 Å². The standard InChI is InChI=1S/C18H12ClNO/c19-16-8-9-17-15(13-21)12-20(18(17)11-16)10-4-7-14-5-2-1-3-6-14/h1-3,5-6,8-9,11-13H,10H2. The van der Waals surface area contributed by atoms with Crippen LogP contribution in [0.25, 0.3) is 10.9 Å². The van der Waals surface area contributed by atoms with Crippen LogP contribution in [-0.4, -0.2) is 10.9 Å². The van der Waals surface area contributed by atoms with Crippen LogP contribution in [0.1, 0.15) is 15.9 Å². The third-order valence-corrected chi connectivity index (χ3v) is 3.49. The van der Waals surface area contributed by atoms with Crippen LogP contribution in [0.3, 0.4) is 0 Å². The summed E-state index contributed by atoms with van der Waals surface area (Å²) >= 11 is 6.04. The molecule has 102 valence electrons. The van der Waals surface area contributed by atoms with E-state index in [9.17, 15) is 4.79 Å². The van der Waals surface area contributed by atoms with Crippen molar-refractivity contribution in [2.45, 2.75) is 6.54 Å². The van der Waals surface area contributed by atoms with Gasteiger partial charge in [0.1, 0.15) is 0 Å². The predicted molar refractivity (Wildman–Crippen MR) is 85.7 cm³/mol. The fourth-order valence-electron chi connectivity index (χ4n) is 2.27. The van der Waals surface area contributed by atoms with Crippen LogP contribution >= 0.6 is 11.6 Å². The van der Waals surface area contributed by atoms with Crippen molar-refractivity contribution in [3.63, 3.8) is 0 Å². The summed E-state index contributed by atoms with van der Waals surface area (Å²) in [5.41, 5.74) is 2.55. The van der Waals surface area contributed by atoms with Gasteiger partial charge >= 0.3 is 0 Å². The number of hydrogen-bond acceptors (Lipinski definition) is 1. The summed E-state index contributed by atoms with van der Waals surface area (Å²) in [6, 6.07) is 15.3. The minimum absolute atomic E-state index is 0.513. The zero-order valence-corrected chi connectivity index (χ0v) is 12.0. The van der Waals surface area contributed by atoms with Gasteiger partial charge in [0.25, 0.3) is 0 Å². The van der Waals surface area contributed by atoms with E-state index in [1.54, 1.807) is 6.07 Å². The number of aldehydes is 1. The van der Waals surface area contributed by atoms with Crippen molar-refractivity contribution in [3.05, 3.63) is 70.9 Å². The van der Waals surface area contributed by atoms with Gasteiger partial charge in [-0.15, -0.1) is 0 Å². The molecule has 0 spiro atoms. The maximum Gasteiger partial charge on any atom is 0.152 e. The number of halogens is 1. The number of rotatable bonds is 2. The molecule has 0 saturated heterocycles. The molecule has 2 aromatic carbocycles. The number of aromatic nitrogens is 1. The minimum atomic E-state index is 0.513. The lowest BCUT2D eigenvalue weighted by molar-refractivity contribution is 0.112. The lowest BCUT2D eigenvalue weighted by Gasteiger charge is -1.99. The van der Waals surface area contributed by atoms with E-state index >= 15 is 0 Å². The fourth-order valence-corrected chi connectivity index (χ4v) is 2.43. The van der Waals surface area contributed by atoms with Gasteiger partial charge in [0.2, 0.25) is 0 Å². The van der Waals surface area contributed by atoms with Crippen LogP contribution in [0, 0.1) is 11.8 Å². The normalized spacial score (nSPS) is 10.1. The topological polar surface area (TPSA) is 22.0 Å². The van der Waals surface area contributed by atoms with E-state index in [4.69, 9.17) is 11.6 Å². The summed E-state index contributed by atoms with van der Waals surface area (Å²) in [5.74, 6) is 6.23. The zero-order chi connectivity index (χ0) is 14.7. The Morgan fingerprint density at radius 3 is 2.71 bits per heavy atom. The van der Waals surface area contributed by atoms with Gasteiger partial charge in [0.15, 0.2) is 6.29 Å². The molecule has 1 heterocycles. The summed E-state index contributed by atoms with van der Waals surface area (Å²) in [6.07, 6.45) is 2.67. The maximum atomic E-state index is 11.1. The van der Waals surface area contributed by atoms with Gasteiger partial charge in [-0.2, -0.15) is 0 Å². The lowest BCUT2D eigenvalue weighted by Crippen LogP contribution is -1.93. The highest BCUT2D eigenvalue weighted by Crippen LogP contribution is 2.23. The van der Waals surface area contributed by atoms with Gasteiger partial charge in [0.05, 0.1) is 12.1 Å². The van der Waals surface area contributed by atoms with Crippen LogP contribution in [0.15, 0.2) is 54.7 Å². The van der Waals surface area contributed by atoms with Gasteiger partial charge in [-0.3, -0.25) is 4.79 Å². The van der Waals surface area contributed by atoms with E-state index in [2.05, 4.69) is 11.8 Å². The lowest BCUT2D eigenvalue weighted by atomic mass is 10.2. The predicted octanol–water partition coefficient (Wildman–Crippen LogP) is 4.16. The van der Waals surface area contributed by atoms with Crippen molar-refractivity contribution >= 4 is 28.8 Å². The van der Waals surface area contributed by atoms with Crippen molar-refractivity contribution in [2.24, 2.45) is 0 Å².